The molecule has 0 unspecified atom stereocenters. The van der Waals surface area contributed by atoms with E-state index in [4.69, 9.17) is 0 Å². The molecule has 1 aliphatic carbocycles. The second kappa shape index (κ2) is 5.34. The molecule has 0 bridgehead atoms. The van der Waals surface area contributed by atoms with Crippen molar-refractivity contribution in [3.05, 3.63) is 0 Å². The van der Waals surface area contributed by atoms with E-state index in [-0.39, 0.29) is 29.6 Å². The van der Waals surface area contributed by atoms with Gasteiger partial charge in [-0.15, -0.1) is 0 Å². The van der Waals surface area contributed by atoms with Crippen molar-refractivity contribution in [2.45, 2.75) is 39.0 Å². The van der Waals surface area contributed by atoms with E-state index < -0.39 is 0 Å². The van der Waals surface area contributed by atoms with Gasteiger partial charge in [0, 0.05) is 5.92 Å². The van der Waals surface area contributed by atoms with Crippen LogP contribution in [0.1, 0.15) is 39.0 Å². The van der Waals surface area contributed by atoms with Crippen molar-refractivity contribution < 1.29 is 4.79 Å². The zero-order chi connectivity index (χ0) is 6.69. The van der Waals surface area contributed by atoms with E-state index in [1.54, 1.807) is 6.92 Å². The maximum absolute atomic E-state index is 10.8. The number of hydrogen-bond acceptors (Lipinski definition) is 1. The van der Waals surface area contributed by atoms with Crippen LogP contribution in [0.25, 0.3) is 0 Å². The van der Waals surface area contributed by atoms with Crippen molar-refractivity contribution in [2.24, 2.45) is 5.92 Å². The summed E-state index contributed by atoms with van der Waals surface area (Å²) in [5, 5.41) is 0. The first kappa shape index (κ1) is 10.7. The zero-order valence-corrected chi connectivity index (χ0v) is 6.02. The van der Waals surface area contributed by atoms with Crippen molar-refractivity contribution in [3.8, 4) is 0 Å². The van der Waals surface area contributed by atoms with Crippen LogP contribution in [0.3, 0.4) is 0 Å². The van der Waals surface area contributed by atoms with Gasteiger partial charge < -0.3 is 0 Å². The number of carbonyl (C=O) groups excluding carboxylic acids is 1. The molecule has 1 saturated carbocycles. The van der Waals surface area contributed by atoms with E-state index in [1.807, 2.05) is 0 Å². The van der Waals surface area contributed by atoms with E-state index in [0.717, 1.165) is 12.8 Å². The molecule has 2 heteroatoms. The van der Waals surface area contributed by atoms with Gasteiger partial charge in [-0.1, -0.05) is 19.3 Å². The summed E-state index contributed by atoms with van der Waals surface area (Å²) < 4.78 is 0. The van der Waals surface area contributed by atoms with Crippen LogP contribution >= 0.6 is 0 Å². The Morgan fingerprint density at radius 2 is 1.70 bits per heavy atom. The Hall–Kier alpha value is 0.670. The van der Waals surface area contributed by atoms with Crippen LogP contribution in [0, 0.1) is 5.92 Å². The number of rotatable bonds is 1. The van der Waals surface area contributed by atoms with Gasteiger partial charge in [-0.25, -0.2) is 0 Å². The molecular formula is C8H15NaO. The zero-order valence-electron chi connectivity index (χ0n) is 6.02. The van der Waals surface area contributed by atoms with Crippen LogP contribution in [0.4, 0.5) is 0 Å². The topological polar surface area (TPSA) is 17.1 Å². The molecule has 0 heterocycles. The molecule has 0 amide bonds. The Morgan fingerprint density at radius 3 is 2.00 bits per heavy atom. The van der Waals surface area contributed by atoms with Crippen LogP contribution < -0.4 is 0 Å². The second-order valence-electron chi connectivity index (χ2n) is 2.95. The third kappa shape index (κ3) is 3.18. The van der Waals surface area contributed by atoms with Gasteiger partial charge in [0.2, 0.25) is 0 Å². The minimum atomic E-state index is 0. The predicted octanol–water partition coefficient (Wildman–Crippen LogP) is 1.51. The number of carbonyl (C=O) groups is 1. The predicted molar refractivity (Wildman–Crippen MR) is 44.4 cm³/mol. The first-order valence-electron chi connectivity index (χ1n) is 3.81. The molecule has 0 aromatic carbocycles. The molecule has 0 N–H and O–H groups in total. The Balaban J connectivity index is 0.000000810. The first-order valence-corrected chi connectivity index (χ1v) is 3.81. The van der Waals surface area contributed by atoms with Gasteiger partial charge in [0.05, 0.1) is 0 Å². The molecule has 0 saturated heterocycles. The fourth-order valence-corrected chi connectivity index (χ4v) is 1.51. The molecule has 1 aliphatic rings. The molecule has 1 fully saturated rings. The van der Waals surface area contributed by atoms with Crippen LogP contribution in [0.2, 0.25) is 0 Å². The van der Waals surface area contributed by atoms with E-state index in [0.29, 0.717) is 11.7 Å². The number of hydrogen-bond donors (Lipinski definition) is 0. The molecule has 1 nitrogen and oxygen atoms in total. The second-order valence-corrected chi connectivity index (χ2v) is 2.95. The first-order chi connectivity index (χ1) is 4.30. The van der Waals surface area contributed by atoms with Crippen molar-refractivity contribution >= 4 is 35.3 Å². The van der Waals surface area contributed by atoms with Gasteiger partial charge in [0.1, 0.15) is 5.78 Å². The van der Waals surface area contributed by atoms with Crippen LogP contribution in [-0.4, -0.2) is 35.3 Å². The van der Waals surface area contributed by atoms with Gasteiger partial charge >= 0.3 is 29.6 Å². The fraction of sp³-hybridized carbons (Fsp3) is 0.875. The van der Waals surface area contributed by atoms with Crippen molar-refractivity contribution in [2.75, 3.05) is 0 Å². The van der Waals surface area contributed by atoms with Crippen LogP contribution in [-0.2, 0) is 4.79 Å². The average molecular weight is 150 g/mol. The van der Waals surface area contributed by atoms with E-state index >= 15 is 0 Å². The summed E-state index contributed by atoms with van der Waals surface area (Å²) in [6.45, 7) is 1.72. The van der Waals surface area contributed by atoms with Crippen LogP contribution in [0.5, 0.6) is 0 Å². The Labute approximate surface area is 84.9 Å². The summed E-state index contributed by atoms with van der Waals surface area (Å²) in [6.07, 6.45) is 6.17. The standard InChI is InChI=1S/C8H14O.Na.H/c1-7(9)8-5-3-2-4-6-8;;/h8H,2-6H2,1H3;;. The molecular weight excluding hydrogens is 135 g/mol. The fourth-order valence-electron chi connectivity index (χ4n) is 1.51. The summed E-state index contributed by atoms with van der Waals surface area (Å²) in [4.78, 5) is 10.8. The van der Waals surface area contributed by atoms with E-state index in [9.17, 15) is 4.79 Å². The molecule has 1 rings (SSSR count). The van der Waals surface area contributed by atoms with Crippen LogP contribution in [0.15, 0.2) is 0 Å². The van der Waals surface area contributed by atoms with Gasteiger partial charge in [-0.2, -0.15) is 0 Å². The summed E-state index contributed by atoms with van der Waals surface area (Å²) in [7, 11) is 0. The summed E-state index contributed by atoms with van der Waals surface area (Å²) in [5.41, 5.74) is 0. The minimum absolute atomic E-state index is 0. The normalized spacial score (nSPS) is 19.7. The Bertz CT molecular complexity index is 106. The monoisotopic (exact) mass is 150 g/mol. The summed E-state index contributed by atoms with van der Waals surface area (Å²) >= 11 is 0. The Morgan fingerprint density at radius 1 is 1.20 bits per heavy atom. The molecule has 10 heavy (non-hydrogen) atoms. The molecule has 0 aromatic heterocycles. The molecule has 0 atom stereocenters. The van der Waals surface area contributed by atoms with E-state index in [1.165, 1.54) is 19.3 Å². The van der Waals surface area contributed by atoms with Gasteiger partial charge in [0.15, 0.2) is 0 Å². The quantitative estimate of drug-likeness (QED) is 0.518. The number of ketones is 1. The van der Waals surface area contributed by atoms with E-state index in [2.05, 4.69) is 0 Å². The molecule has 0 aromatic rings. The van der Waals surface area contributed by atoms with Gasteiger partial charge in [-0.05, 0) is 19.8 Å². The third-order valence-electron chi connectivity index (χ3n) is 2.18. The number of Topliss-reactive ketones (excluding diaryl/α,β-unsaturated/α-hetero) is 1. The van der Waals surface area contributed by atoms with Crippen molar-refractivity contribution in [1.29, 1.82) is 0 Å². The maximum atomic E-state index is 10.8. The third-order valence-corrected chi connectivity index (χ3v) is 2.18. The molecule has 0 radical (unpaired) electrons. The summed E-state index contributed by atoms with van der Waals surface area (Å²) in [5.74, 6) is 0.813. The molecule has 54 valence electrons. The van der Waals surface area contributed by atoms with Gasteiger partial charge in [-0.3, -0.25) is 4.79 Å². The molecule has 0 aliphatic heterocycles. The SMILES string of the molecule is CC(=O)C1CCCCC1.[NaH]. The van der Waals surface area contributed by atoms with Crippen molar-refractivity contribution in [1.82, 2.24) is 0 Å². The van der Waals surface area contributed by atoms with Gasteiger partial charge in [0.25, 0.3) is 0 Å². The summed E-state index contributed by atoms with van der Waals surface area (Å²) in [6, 6.07) is 0. The van der Waals surface area contributed by atoms with Crippen molar-refractivity contribution in [3.63, 3.8) is 0 Å². The Kier molecular flexibility index (Phi) is 5.69. The average Bonchev–Trinajstić information content (AvgIpc) is 1.90. The molecule has 0 spiro atoms.